The number of hydrogen-bond donors (Lipinski definition) is 3. The van der Waals surface area contributed by atoms with Crippen LogP contribution in [0.1, 0.15) is 41.1 Å². The fraction of sp³-hybridized carbons (Fsp3) is 0.258. The van der Waals surface area contributed by atoms with Crippen molar-refractivity contribution < 1.29 is 24.1 Å². The Morgan fingerprint density at radius 3 is 2.61 bits per heavy atom. The van der Waals surface area contributed by atoms with Crippen LogP contribution in [0.3, 0.4) is 0 Å². The minimum absolute atomic E-state index is 0.00107. The van der Waals surface area contributed by atoms with Crippen LogP contribution in [-0.2, 0) is 27.4 Å². The Bertz CT molecular complexity index is 1410. The first-order chi connectivity index (χ1) is 20.1. The topological polar surface area (TPSA) is 119 Å². The number of carbonyl (C=O) groups is 1. The molecule has 212 valence electrons. The predicted octanol–water partition coefficient (Wildman–Crippen LogP) is 5.71. The van der Waals surface area contributed by atoms with E-state index in [1.807, 2.05) is 72.8 Å². The summed E-state index contributed by atoms with van der Waals surface area (Å²) in [6, 6.07) is 23.9. The van der Waals surface area contributed by atoms with E-state index in [-0.39, 0.29) is 25.4 Å². The van der Waals surface area contributed by atoms with Crippen molar-refractivity contribution in [1.29, 1.82) is 0 Å². The van der Waals surface area contributed by atoms with Crippen molar-refractivity contribution in [2.75, 3.05) is 12.4 Å². The summed E-state index contributed by atoms with van der Waals surface area (Å²) in [7, 11) is 0. The Hall–Kier alpha value is -3.96. The molecule has 1 saturated heterocycles. The molecule has 0 radical (unpaired) electrons. The summed E-state index contributed by atoms with van der Waals surface area (Å²) in [5.41, 5.74) is 5.79. The van der Waals surface area contributed by atoms with Gasteiger partial charge in [0, 0.05) is 24.3 Å². The SMILES string of the molecule is C=CCOC(=O)NCc1ccccc1-c1ccc(C2OC(CSc3ncn[nH]3)CC(c3ccc(CO)cc3)O2)cc1. The van der Waals surface area contributed by atoms with Crippen LogP contribution in [0.5, 0.6) is 0 Å². The lowest BCUT2D eigenvalue weighted by atomic mass is 9.98. The average Bonchev–Trinajstić information content (AvgIpc) is 3.56. The molecule has 41 heavy (non-hydrogen) atoms. The lowest BCUT2D eigenvalue weighted by molar-refractivity contribution is -0.245. The summed E-state index contributed by atoms with van der Waals surface area (Å²) >= 11 is 1.56. The first-order valence-electron chi connectivity index (χ1n) is 13.3. The van der Waals surface area contributed by atoms with Crippen LogP contribution in [0.4, 0.5) is 4.79 Å². The van der Waals surface area contributed by atoms with Gasteiger partial charge in [-0.15, -0.1) is 0 Å². The van der Waals surface area contributed by atoms with Gasteiger partial charge in [-0.1, -0.05) is 97.2 Å². The van der Waals surface area contributed by atoms with Gasteiger partial charge in [0.25, 0.3) is 0 Å². The van der Waals surface area contributed by atoms with Crippen molar-refractivity contribution in [3.05, 3.63) is 114 Å². The van der Waals surface area contributed by atoms with Gasteiger partial charge in [-0.2, -0.15) is 5.10 Å². The van der Waals surface area contributed by atoms with E-state index in [1.165, 1.54) is 12.4 Å². The molecule has 3 aromatic carbocycles. The number of H-pyrrole nitrogens is 1. The minimum Gasteiger partial charge on any atom is -0.445 e. The van der Waals surface area contributed by atoms with E-state index in [0.29, 0.717) is 18.7 Å². The van der Waals surface area contributed by atoms with Gasteiger partial charge in [0.15, 0.2) is 11.4 Å². The summed E-state index contributed by atoms with van der Waals surface area (Å²) in [6.45, 7) is 4.05. The Labute approximate surface area is 243 Å². The number of aliphatic hydroxyl groups is 1. The van der Waals surface area contributed by atoms with Crippen LogP contribution in [0.2, 0.25) is 0 Å². The molecule has 0 spiro atoms. The van der Waals surface area contributed by atoms with Crippen molar-refractivity contribution in [2.24, 2.45) is 0 Å². The molecule has 1 amide bonds. The molecular weight excluding hydrogens is 540 g/mol. The van der Waals surface area contributed by atoms with E-state index in [0.717, 1.165) is 38.5 Å². The van der Waals surface area contributed by atoms with Crippen molar-refractivity contribution in [3.8, 4) is 11.1 Å². The van der Waals surface area contributed by atoms with Crippen LogP contribution < -0.4 is 5.32 Å². The van der Waals surface area contributed by atoms with E-state index < -0.39 is 12.4 Å². The molecule has 10 heteroatoms. The number of alkyl carbamates (subject to hydrolysis) is 1. The second-order valence-electron chi connectivity index (χ2n) is 9.47. The summed E-state index contributed by atoms with van der Waals surface area (Å²) in [6.07, 6.45) is 2.40. The van der Waals surface area contributed by atoms with Gasteiger partial charge in [-0.05, 0) is 27.8 Å². The molecule has 5 rings (SSSR count). The Morgan fingerprint density at radius 1 is 1.10 bits per heavy atom. The Balaban J connectivity index is 1.32. The maximum absolute atomic E-state index is 11.9. The molecule has 0 bridgehead atoms. The highest BCUT2D eigenvalue weighted by molar-refractivity contribution is 7.99. The number of rotatable bonds is 11. The maximum atomic E-state index is 11.9. The molecule has 0 aliphatic carbocycles. The first kappa shape index (κ1) is 28.6. The summed E-state index contributed by atoms with van der Waals surface area (Å²) in [4.78, 5) is 16.1. The highest BCUT2D eigenvalue weighted by atomic mass is 32.2. The zero-order valence-electron chi connectivity index (χ0n) is 22.4. The highest BCUT2D eigenvalue weighted by Crippen LogP contribution is 2.39. The normalized spacial score (nSPS) is 18.5. The second-order valence-corrected chi connectivity index (χ2v) is 10.5. The number of aromatic nitrogens is 3. The summed E-state index contributed by atoms with van der Waals surface area (Å²) < 4.78 is 17.9. The van der Waals surface area contributed by atoms with Gasteiger partial charge >= 0.3 is 6.09 Å². The molecular formula is C31H32N4O5S. The molecule has 3 N–H and O–H groups in total. The Morgan fingerprint density at radius 2 is 1.88 bits per heavy atom. The molecule has 2 heterocycles. The van der Waals surface area contributed by atoms with Crippen LogP contribution in [0.25, 0.3) is 11.1 Å². The number of thioether (sulfide) groups is 1. The van der Waals surface area contributed by atoms with E-state index in [9.17, 15) is 9.90 Å². The van der Waals surface area contributed by atoms with Gasteiger partial charge in [0.1, 0.15) is 12.9 Å². The number of hydrogen-bond acceptors (Lipinski definition) is 8. The third-order valence-corrected chi connectivity index (χ3v) is 7.69. The number of amides is 1. The van der Waals surface area contributed by atoms with Gasteiger partial charge in [-0.3, -0.25) is 5.10 Å². The van der Waals surface area contributed by atoms with Crippen LogP contribution in [-0.4, -0.2) is 44.8 Å². The molecule has 9 nitrogen and oxygen atoms in total. The number of nitrogens with zero attached hydrogens (tertiary/aromatic N) is 2. The zero-order valence-corrected chi connectivity index (χ0v) is 23.3. The molecule has 1 aliphatic rings. The Kier molecular flexibility index (Phi) is 9.82. The molecule has 1 aromatic heterocycles. The van der Waals surface area contributed by atoms with E-state index in [4.69, 9.17) is 14.2 Å². The van der Waals surface area contributed by atoms with Crippen LogP contribution in [0, 0.1) is 0 Å². The van der Waals surface area contributed by atoms with Crippen LogP contribution >= 0.6 is 11.8 Å². The van der Waals surface area contributed by atoms with Crippen molar-refractivity contribution in [2.45, 2.75) is 43.2 Å². The summed E-state index contributed by atoms with van der Waals surface area (Å²) in [5.74, 6) is 0.688. The fourth-order valence-corrected chi connectivity index (χ4v) is 5.38. The van der Waals surface area contributed by atoms with E-state index >= 15 is 0 Å². The molecule has 1 aliphatic heterocycles. The van der Waals surface area contributed by atoms with Gasteiger partial charge < -0.3 is 24.6 Å². The smallest absolute Gasteiger partial charge is 0.407 e. The second kappa shape index (κ2) is 14.1. The monoisotopic (exact) mass is 572 g/mol. The number of benzene rings is 3. The van der Waals surface area contributed by atoms with Gasteiger partial charge in [-0.25, -0.2) is 9.78 Å². The van der Waals surface area contributed by atoms with E-state index in [1.54, 1.807) is 11.8 Å². The van der Waals surface area contributed by atoms with E-state index in [2.05, 4.69) is 27.1 Å². The van der Waals surface area contributed by atoms with Crippen molar-refractivity contribution in [3.63, 3.8) is 0 Å². The molecule has 3 atom stereocenters. The third kappa shape index (κ3) is 7.62. The lowest BCUT2D eigenvalue weighted by Crippen LogP contribution is -2.31. The number of nitrogens with one attached hydrogen (secondary N) is 2. The number of aliphatic hydroxyl groups excluding tert-OH is 1. The fourth-order valence-electron chi connectivity index (χ4n) is 4.59. The third-order valence-electron chi connectivity index (χ3n) is 6.68. The zero-order chi connectivity index (χ0) is 28.4. The number of ether oxygens (including phenoxy) is 3. The molecule has 1 fully saturated rings. The first-order valence-corrected chi connectivity index (χ1v) is 14.3. The molecule has 3 unspecified atom stereocenters. The predicted molar refractivity (Wildman–Crippen MR) is 156 cm³/mol. The van der Waals surface area contributed by atoms with Gasteiger partial charge in [0.2, 0.25) is 0 Å². The molecule has 0 saturated carbocycles. The average molecular weight is 573 g/mol. The largest absolute Gasteiger partial charge is 0.445 e. The molecule has 4 aromatic rings. The van der Waals surface area contributed by atoms with Crippen LogP contribution in [0.15, 0.2) is 96.9 Å². The quantitative estimate of drug-likeness (QED) is 0.154. The van der Waals surface area contributed by atoms with Crippen molar-refractivity contribution >= 4 is 17.9 Å². The van der Waals surface area contributed by atoms with Gasteiger partial charge in [0.05, 0.1) is 18.8 Å². The number of aromatic amines is 1. The number of carbonyl (C=O) groups excluding carboxylic acids is 1. The van der Waals surface area contributed by atoms with Crippen molar-refractivity contribution in [1.82, 2.24) is 20.5 Å². The minimum atomic E-state index is -0.558. The highest BCUT2D eigenvalue weighted by Gasteiger charge is 2.32. The summed E-state index contributed by atoms with van der Waals surface area (Å²) in [5, 5.41) is 19.8. The standard InChI is InChI=1S/C31H32N4O5S/c1-2-15-38-31(37)32-17-25-5-3-4-6-27(25)22-11-13-24(14-12-22)29-39-26(19-41-30-33-20-34-35-30)16-28(40-29)23-9-7-21(18-36)8-10-23/h2-14,20,26,28-29,36H,1,15-19H2,(H,32,37)(H,33,34,35). The lowest BCUT2D eigenvalue weighted by Gasteiger charge is -2.36. The maximum Gasteiger partial charge on any atom is 0.407 e.